The van der Waals surface area contributed by atoms with Crippen LogP contribution < -0.4 is 10.1 Å². The van der Waals surface area contributed by atoms with Gasteiger partial charge in [0, 0.05) is 17.8 Å². The standard InChI is InChI=1S/C27H29N5O2/c1-18(2)28-27(33)31-17-23-19(3)29-32(21-9-6-5-7-10-21)26(23)30-16-8-11-24(30)25(31)20-12-14-22(34-4)15-13-20/h5-16,18,25H,17H2,1-4H3,(H,28,33)/t25-/m0/s1. The van der Waals surface area contributed by atoms with E-state index in [1.807, 2.05) is 91.0 Å². The second kappa shape index (κ2) is 8.74. The quantitative estimate of drug-likeness (QED) is 0.471. The van der Waals surface area contributed by atoms with Crippen LogP contribution in [0, 0.1) is 6.92 Å². The van der Waals surface area contributed by atoms with E-state index < -0.39 is 0 Å². The number of hydrogen-bond acceptors (Lipinski definition) is 3. The van der Waals surface area contributed by atoms with Gasteiger partial charge in [-0.2, -0.15) is 5.10 Å². The molecule has 1 N–H and O–H groups in total. The van der Waals surface area contributed by atoms with Gasteiger partial charge in [0.25, 0.3) is 0 Å². The third-order valence-electron chi connectivity index (χ3n) is 6.19. The van der Waals surface area contributed by atoms with Crippen molar-refractivity contribution in [1.82, 2.24) is 24.6 Å². The smallest absolute Gasteiger partial charge is 0.318 e. The number of aromatic nitrogens is 3. The molecule has 2 amide bonds. The van der Waals surface area contributed by atoms with E-state index in [4.69, 9.17) is 9.84 Å². The lowest BCUT2D eigenvalue weighted by molar-refractivity contribution is 0.178. The molecule has 174 valence electrons. The molecule has 7 nitrogen and oxygen atoms in total. The molecular formula is C27H29N5O2. The summed E-state index contributed by atoms with van der Waals surface area (Å²) in [6.45, 7) is 6.40. The molecule has 5 rings (SSSR count). The van der Waals surface area contributed by atoms with Crippen molar-refractivity contribution in [3.63, 3.8) is 0 Å². The third kappa shape index (κ3) is 3.73. The number of rotatable bonds is 4. The van der Waals surface area contributed by atoms with Crippen molar-refractivity contribution in [2.75, 3.05) is 7.11 Å². The minimum atomic E-state index is -0.282. The Bertz CT molecular complexity index is 1300. The van der Waals surface area contributed by atoms with Crippen LogP contribution in [0.5, 0.6) is 5.75 Å². The molecule has 0 unspecified atom stereocenters. The minimum Gasteiger partial charge on any atom is -0.497 e. The summed E-state index contributed by atoms with van der Waals surface area (Å²) >= 11 is 0. The van der Waals surface area contributed by atoms with Gasteiger partial charge in [-0.15, -0.1) is 0 Å². The first-order valence-electron chi connectivity index (χ1n) is 11.5. The largest absolute Gasteiger partial charge is 0.497 e. The zero-order valence-corrected chi connectivity index (χ0v) is 19.9. The highest BCUT2D eigenvalue weighted by molar-refractivity contribution is 5.76. The number of para-hydroxylation sites is 1. The zero-order chi connectivity index (χ0) is 23.8. The fraction of sp³-hybridized carbons (Fsp3) is 0.259. The van der Waals surface area contributed by atoms with Crippen LogP contribution in [0.4, 0.5) is 4.79 Å². The Kier molecular flexibility index (Phi) is 5.61. The summed E-state index contributed by atoms with van der Waals surface area (Å²) in [7, 11) is 1.66. The van der Waals surface area contributed by atoms with Gasteiger partial charge in [0.15, 0.2) is 0 Å². The molecule has 2 aromatic carbocycles. The summed E-state index contributed by atoms with van der Waals surface area (Å²) in [6, 6.07) is 21.8. The topological polar surface area (TPSA) is 64.3 Å². The number of carbonyl (C=O) groups is 1. The monoisotopic (exact) mass is 455 g/mol. The number of ether oxygens (including phenoxy) is 1. The Morgan fingerprint density at radius 1 is 1.06 bits per heavy atom. The predicted octanol–water partition coefficient (Wildman–Crippen LogP) is 5.00. The number of nitrogens with one attached hydrogen (secondary N) is 1. The highest BCUT2D eigenvalue weighted by Gasteiger charge is 2.36. The molecule has 0 spiro atoms. The van der Waals surface area contributed by atoms with Gasteiger partial charge in [-0.25, -0.2) is 9.48 Å². The Balaban J connectivity index is 1.73. The van der Waals surface area contributed by atoms with Gasteiger partial charge in [0.05, 0.1) is 36.8 Å². The van der Waals surface area contributed by atoms with Gasteiger partial charge < -0.3 is 19.5 Å². The molecule has 0 fully saturated rings. The van der Waals surface area contributed by atoms with Crippen LogP contribution in [0.2, 0.25) is 0 Å². The zero-order valence-electron chi connectivity index (χ0n) is 19.9. The summed E-state index contributed by atoms with van der Waals surface area (Å²) < 4.78 is 9.51. The van der Waals surface area contributed by atoms with E-state index in [1.54, 1.807) is 7.11 Å². The molecule has 0 radical (unpaired) electrons. The lowest BCUT2D eigenvalue weighted by Gasteiger charge is -2.31. The first kappa shape index (κ1) is 21.8. The van der Waals surface area contributed by atoms with Crippen LogP contribution in [0.3, 0.4) is 0 Å². The van der Waals surface area contributed by atoms with Gasteiger partial charge in [-0.1, -0.05) is 30.3 Å². The Morgan fingerprint density at radius 3 is 2.47 bits per heavy atom. The average molecular weight is 456 g/mol. The molecule has 0 bridgehead atoms. The predicted molar refractivity (Wildman–Crippen MR) is 132 cm³/mol. The number of methoxy groups -OCH3 is 1. The molecule has 0 saturated heterocycles. The Hall–Kier alpha value is -4.00. The molecular weight excluding hydrogens is 426 g/mol. The van der Waals surface area contributed by atoms with Crippen LogP contribution in [0.1, 0.15) is 42.4 Å². The number of benzene rings is 2. The van der Waals surface area contributed by atoms with E-state index in [1.165, 1.54) is 0 Å². The van der Waals surface area contributed by atoms with Gasteiger partial charge in [-0.3, -0.25) is 0 Å². The van der Waals surface area contributed by atoms with Crippen molar-refractivity contribution in [1.29, 1.82) is 0 Å². The number of aryl methyl sites for hydroxylation is 1. The Morgan fingerprint density at radius 2 is 1.79 bits per heavy atom. The SMILES string of the molecule is COc1ccc([C@H]2c3cccn3-c3c(c(C)nn3-c3ccccc3)CN2C(=O)NC(C)C)cc1. The number of hydrogen-bond donors (Lipinski definition) is 1. The molecule has 1 aliphatic heterocycles. The van der Waals surface area contributed by atoms with Crippen molar-refractivity contribution in [3.05, 3.63) is 95.4 Å². The van der Waals surface area contributed by atoms with Crippen molar-refractivity contribution in [2.45, 2.75) is 39.4 Å². The van der Waals surface area contributed by atoms with Crippen LogP contribution in [0.25, 0.3) is 11.5 Å². The maximum atomic E-state index is 13.6. The van der Waals surface area contributed by atoms with Gasteiger partial charge >= 0.3 is 6.03 Å². The molecule has 7 heteroatoms. The maximum absolute atomic E-state index is 13.6. The van der Waals surface area contributed by atoms with Crippen LogP contribution in [0.15, 0.2) is 72.9 Å². The molecule has 34 heavy (non-hydrogen) atoms. The van der Waals surface area contributed by atoms with E-state index in [2.05, 4.69) is 22.1 Å². The first-order chi connectivity index (χ1) is 16.5. The summed E-state index contributed by atoms with van der Waals surface area (Å²) in [5.74, 6) is 1.74. The van der Waals surface area contributed by atoms with Crippen molar-refractivity contribution in [3.8, 4) is 17.3 Å². The van der Waals surface area contributed by atoms with Crippen LogP contribution >= 0.6 is 0 Å². The Labute approximate surface area is 199 Å². The summed E-state index contributed by atoms with van der Waals surface area (Å²) in [6.07, 6.45) is 2.05. The second-order valence-electron chi connectivity index (χ2n) is 8.85. The number of fused-ring (bicyclic) bond motifs is 3. The normalized spacial score (nSPS) is 15.0. The summed E-state index contributed by atoms with van der Waals surface area (Å²) in [5, 5.41) is 7.98. The summed E-state index contributed by atoms with van der Waals surface area (Å²) in [5.41, 5.74) is 4.92. The third-order valence-corrected chi connectivity index (χ3v) is 6.19. The van der Waals surface area contributed by atoms with Gasteiger partial charge in [0.1, 0.15) is 11.6 Å². The molecule has 2 aromatic heterocycles. The first-order valence-corrected chi connectivity index (χ1v) is 11.5. The molecule has 1 atom stereocenters. The van der Waals surface area contributed by atoms with E-state index >= 15 is 0 Å². The fourth-order valence-corrected chi connectivity index (χ4v) is 4.62. The molecule has 0 saturated carbocycles. The molecule has 4 aromatic rings. The van der Waals surface area contributed by atoms with E-state index in [-0.39, 0.29) is 18.1 Å². The number of nitrogens with zero attached hydrogens (tertiary/aromatic N) is 4. The number of urea groups is 1. The molecule has 0 aliphatic carbocycles. The lowest BCUT2D eigenvalue weighted by atomic mass is 10.0. The number of amides is 2. The van der Waals surface area contributed by atoms with E-state index in [0.29, 0.717) is 6.54 Å². The van der Waals surface area contributed by atoms with Crippen LogP contribution in [-0.2, 0) is 6.54 Å². The van der Waals surface area contributed by atoms with Gasteiger partial charge in [0.2, 0.25) is 0 Å². The van der Waals surface area contributed by atoms with Crippen molar-refractivity contribution >= 4 is 6.03 Å². The van der Waals surface area contributed by atoms with Crippen LogP contribution in [-0.4, -0.2) is 38.4 Å². The van der Waals surface area contributed by atoms with Crippen molar-refractivity contribution in [2.24, 2.45) is 0 Å². The van der Waals surface area contributed by atoms with E-state index in [9.17, 15) is 4.79 Å². The highest BCUT2D eigenvalue weighted by atomic mass is 16.5. The van der Waals surface area contributed by atoms with Crippen molar-refractivity contribution < 1.29 is 9.53 Å². The second-order valence-corrected chi connectivity index (χ2v) is 8.85. The van der Waals surface area contributed by atoms with E-state index in [0.717, 1.165) is 39.8 Å². The highest BCUT2D eigenvalue weighted by Crippen LogP contribution is 2.38. The average Bonchev–Trinajstić information content (AvgIpc) is 3.40. The number of carbonyl (C=O) groups excluding carboxylic acids is 1. The maximum Gasteiger partial charge on any atom is 0.318 e. The summed E-state index contributed by atoms with van der Waals surface area (Å²) in [4.78, 5) is 15.5. The fourth-order valence-electron chi connectivity index (χ4n) is 4.62. The molecule has 3 heterocycles. The molecule has 1 aliphatic rings. The van der Waals surface area contributed by atoms with Gasteiger partial charge in [-0.05, 0) is 62.7 Å². The minimum absolute atomic E-state index is 0.0201. The lowest BCUT2D eigenvalue weighted by Crippen LogP contribution is -2.44.